The van der Waals surface area contributed by atoms with Gasteiger partial charge in [0.05, 0.1) is 23.3 Å². The topological polar surface area (TPSA) is 102 Å². The van der Waals surface area contributed by atoms with Gasteiger partial charge in [-0.05, 0) is 43.2 Å². The monoisotopic (exact) mass is 421 g/mol. The Balaban J connectivity index is 1.56. The van der Waals surface area contributed by atoms with E-state index in [-0.39, 0.29) is 23.1 Å². The van der Waals surface area contributed by atoms with Crippen LogP contribution in [-0.4, -0.2) is 53.8 Å². The lowest BCUT2D eigenvalue weighted by atomic mass is 10.1. The number of nitrogens with zero attached hydrogens (tertiary/aromatic N) is 3. The number of carbonyl (C=O) groups is 2. The quantitative estimate of drug-likeness (QED) is 0.568. The number of aromatic amines is 1. The van der Waals surface area contributed by atoms with E-state index in [4.69, 9.17) is 0 Å². The number of rotatable bonds is 6. The van der Waals surface area contributed by atoms with E-state index >= 15 is 0 Å². The summed E-state index contributed by atoms with van der Waals surface area (Å²) in [5.74, 6) is -0.371. The average molecular weight is 422 g/mol. The molecule has 2 heterocycles. The van der Waals surface area contributed by atoms with Gasteiger partial charge in [-0.3, -0.25) is 14.7 Å². The SMILES string of the molecule is CCCCc1n[nH]c2cc(O)c(C(=O)N(C)c3ccc(N4CCNC(=O)C4)cc3)cc12. The Kier molecular flexibility index (Phi) is 5.79. The smallest absolute Gasteiger partial charge is 0.261 e. The summed E-state index contributed by atoms with van der Waals surface area (Å²) in [6.45, 7) is 3.82. The van der Waals surface area contributed by atoms with Gasteiger partial charge in [-0.1, -0.05) is 13.3 Å². The Hall–Kier alpha value is -3.55. The number of benzene rings is 2. The molecule has 1 saturated heterocycles. The molecular weight excluding hydrogens is 394 g/mol. The highest BCUT2D eigenvalue weighted by atomic mass is 16.3. The van der Waals surface area contributed by atoms with Crippen LogP contribution in [0, 0.1) is 0 Å². The molecule has 1 aliphatic heterocycles. The number of piperazine rings is 1. The summed E-state index contributed by atoms with van der Waals surface area (Å²) in [5, 5.41) is 21.4. The predicted octanol–water partition coefficient (Wildman–Crippen LogP) is 2.82. The van der Waals surface area contributed by atoms with Crippen molar-refractivity contribution in [3.8, 4) is 5.75 Å². The molecule has 0 atom stereocenters. The molecule has 1 fully saturated rings. The van der Waals surface area contributed by atoms with Crippen LogP contribution < -0.4 is 15.1 Å². The maximum absolute atomic E-state index is 13.2. The lowest BCUT2D eigenvalue weighted by molar-refractivity contribution is -0.120. The number of anilines is 2. The highest BCUT2D eigenvalue weighted by Crippen LogP contribution is 2.29. The average Bonchev–Trinajstić information content (AvgIpc) is 3.17. The minimum Gasteiger partial charge on any atom is -0.507 e. The Morgan fingerprint density at radius 1 is 1.26 bits per heavy atom. The van der Waals surface area contributed by atoms with Gasteiger partial charge in [-0.15, -0.1) is 0 Å². The molecule has 162 valence electrons. The molecule has 0 aliphatic carbocycles. The highest BCUT2D eigenvalue weighted by molar-refractivity contribution is 6.09. The zero-order chi connectivity index (χ0) is 22.0. The molecule has 1 aromatic heterocycles. The summed E-state index contributed by atoms with van der Waals surface area (Å²) in [4.78, 5) is 28.3. The van der Waals surface area contributed by atoms with Crippen molar-refractivity contribution >= 4 is 34.1 Å². The summed E-state index contributed by atoms with van der Waals surface area (Å²) in [5.41, 5.74) is 3.50. The van der Waals surface area contributed by atoms with Crippen molar-refractivity contribution in [1.82, 2.24) is 15.5 Å². The summed E-state index contributed by atoms with van der Waals surface area (Å²) in [6.07, 6.45) is 2.88. The fourth-order valence-corrected chi connectivity index (χ4v) is 3.86. The first-order valence-electron chi connectivity index (χ1n) is 10.6. The molecule has 4 rings (SSSR count). The maximum atomic E-state index is 13.2. The van der Waals surface area contributed by atoms with Crippen LogP contribution in [0.3, 0.4) is 0 Å². The molecule has 31 heavy (non-hydrogen) atoms. The van der Waals surface area contributed by atoms with Crippen molar-refractivity contribution in [3.05, 3.63) is 47.7 Å². The third-order valence-electron chi connectivity index (χ3n) is 5.70. The predicted molar refractivity (Wildman–Crippen MR) is 121 cm³/mol. The van der Waals surface area contributed by atoms with Gasteiger partial charge in [-0.25, -0.2) is 0 Å². The second-order valence-corrected chi connectivity index (χ2v) is 7.84. The molecule has 0 spiro atoms. The van der Waals surface area contributed by atoms with Gasteiger partial charge in [0.25, 0.3) is 5.91 Å². The second-order valence-electron chi connectivity index (χ2n) is 7.84. The van der Waals surface area contributed by atoms with Crippen LogP contribution in [0.2, 0.25) is 0 Å². The minimum atomic E-state index is -0.299. The van der Waals surface area contributed by atoms with E-state index in [0.29, 0.717) is 18.8 Å². The zero-order valence-electron chi connectivity index (χ0n) is 17.8. The van der Waals surface area contributed by atoms with E-state index in [2.05, 4.69) is 22.4 Å². The number of amides is 2. The van der Waals surface area contributed by atoms with E-state index in [1.165, 1.54) is 4.90 Å². The normalized spacial score (nSPS) is 14.0. The number of aromatic nitrogens is 2. The number of phenolic OH excluding ortho intramolecular Hbond substituents is 1. The molecule has 2 aromatic carbocycles. The molecule has 0 bridgehead atoms. The molecule has 3 aromatic rings. The first-order valence-corrected chi connectivity index (χ1v) is 10.6. The van der Waals surface area contributed by atoms with Crippen molar-refractivity contribution in [2.75, 3.05) is 36.5 Å². The lowest BCUT2D eigenvalue weighted by Crippen LogP contribution is -2.47. The van der Waals surface area contributed by atoms with Crippen molar-refractivity contribution < 1.29 is 14.7 Å². The van der Waals surface area contributed by atoms with E-state index in [9.17, 15) is 14.7 Å². The first kappa shape index (κ1) is 20.7. The number of aryl methyl sites for hydroxylation is 1. The molecule has 0 saturated carbocycles. The largest absolute Gasteiger partial charge is 0.507 e. The number of aromatic hydroxyl groups is 1. The van der Waals surface area contributed by atoms with Crippen molar-refractivity contribution in [2.24, 2.45) is 0 Å². The van der Waals surface area contributed by atoms with Crippen LogP contribution in [0.15, 0.2) is 36.4 Å². The number of unbranched alkanes of at least 4 members (excludes halogenated alkanes) is 1. The van der Waals surface area contributed by atoms with Gasteiger partial charge in [-0.2, -0.15) is 5.10 Å². The summed E-state index contributed by atoms with van der Waals surface area (Å²) in [7, 11) is 1.68. The fourth-order valence-electron chi connectivity index (χ4n) is 3.86. The van der Waals surface area contributed by atoms with Crippen LogP contribution in [0.5, 0.6) is 5.75 Å². The number of fused-ring (bicyclic) bond motifs is 1. The van der Waals surface area contributed by atoms with Gasteiger partial charge < -0.3 is 20.2 Å². The standard InChI is InChI=1S/C23H27N5O3/c1-3-4-5-19-17-12-18(21(29)13-20(17)26-25-19)23(31)27(2)15-6-8-16(9-7-15)28-11-10-24-22(30)14-28/h6-9,12-13,29H,3-5,10-11,14H2,1-2H3,(H,24,30)(H,25,26). The summed E-state index contributed by atoms with van der Waals surface area (Å²) in [6, 6.07) is 10.8. The molecule has 1 aliphatic rings. The number of hydrogen-bond acceptors (Lipinski definition) is 5. The molecule has 8 heteroatoms. The van der Waals surface area contributed by atoms with Gasteiger partial charge in [0.1, 0.15) is 5.75 Å². The fraction of sp³-hybridized carbons (Fsp3) is 0.348. The summed E-state index contributed by atoms with van der Waals surface area (Å²) >= 11 is 0. The van der Waals surface area contributed by atoms with Gasteiger partial charge >= 0.3 is 0 Å². The Morgan fingerprint density at radius 3 is 2.74 bits per heavy atom. The number of phenols is 1. The highest BCUT2D eigenvalue weighted by Gasteiger charge is 2.21. The van der Waals surface area contributed by atoms with E-state index in [1.54, 1.807) is 19.2 Å². The number of H-pyrrole nitrogens is 1. The Bertz CT molecular complexity index is 1110. The first-order chi connectivity index (χ1) is 15.0. The van der Waals surface area contributed by atoms with E-state index in [0.717, 1.165) is 48.1 Å². The second kappa shape index (κ2) is 8.67. The molecule has 0 radical (unpaired) electrons. The van der Waals surface area contributed by atoms with Crippen molar-refractivity contribution in [2.45, 2.75) is 26.2 Å². The molecule has 2 amide bonds. The molecule has 3 N–H and O–H groups in total. The zero-order valence-corrected chi connectivity index (χ0v) is 17.8. The third-order valence-corrected chi connectivity index (χ3v) is 5.70. The minimum absolute atomic E-state index is 0.00559. The van der Waals surface area contributed by atoms with E-state index in [1.807, 2.05) is 29.2 Å². The Labute approximate surface area is 180 Å². The third kappa shape index (κ3) is 4.19. The Morgan fingerprint density at radius 2 is 2.03 bits per heavy atom. The van der Waals surface area contributed by atoms with Crippen LogP contribution in [0.25, 0.3) is 10.9 Å². The maximum Gasteiger partial charge on any atom is 0.261 e. The van der Waals surface area contributed by atoms with Gasteiger partial charge in [0.2, 0.25) is 5.91 Å². The number of carbonyl (C=O) groups excluding carboxylic acids is 2. The van der Waals surface area contributed by atoms with Crippen molar-refractivity contribution in [3.63, 3.8) is 0 Å². The van der Waals surface area contributed by atoms with E-state index < -0.39 is 0 Å². The van der Waals surface area contributed by atoms with Gasteiger partial charge in [0, 0.05) is 43.0 Å². The van der Waals surface area contributed by atoms with Crippen LogP contribution in [-0.2, 0) is 11.2 Å². The van der Waals surface area contributed by atoms with Crippen molar-refractivity contribution in [1.29, 1.82) is 0 Å². The number of nitrogens with one attached hydrogen (secondary N) is 2. The van der Waals surface area contributed by atoms with Gasteiger partial charge in [0.15, 0.2) is 0 Å². The van der Waals surface area contributed by atoms with Crippen LogP contribution in [0.4, 0.5) is 11.4 Å². The molecular formula is C23H27N5O3. The van der Waals surface area contributed by atoms with Crippen LogP contribution in [0.1, 0.15) is 35.8 Å². The number of hydrogen-bond donors (Lipinski definition) is 3. The summed E-state index contributed by atoms with van der Waals surface area (Å²) < 4.78 is 0. The lowest BCUT2D eigenvalue weighted by Gasteiger charge is -2.29. The molecule has 8 nitrogen and oxygen atoms in total. The van der Waals surface area contributed by atoms with Crippen LogP contribution >= 0.6 is 0 Å². The molecule has 0 unspecified atom stereocenters.